The topological polar surface area (TPSA) is 235 Å². The minimum absolute atomic E-state index is 0.0435. The highest BCUT2D eigenvalue weighted by atomic mass is 16.6. The monoisotopic (exact) mass is 853 g/mol. The summed E-state index contributed by atoms with van der Waals surface area (Å²) in [4.78, 5) is 61.4. The third kappa shape index (κ3) is 34.2. The fraction of sp³-hybridized carbons (Fsp3) is 0.816. The van der Waals surface area contributed by atoms with E-state index in [1.54, 1.807) is 7.11 Å². The van der Waals surface area contributed by atoms with E-state index < -0.39 is 29.6 Å². The van der Waals surface area contributed by atoms with Crippen molar-refractivity contribution in [2.45, 2.75) is 19.3 Å². The Morgan fingerprint density at radius 1 is 0.542 bits per heavy atom. The maximum Gasteiger partial charge on any atom is 0.305 e. The molecular weight excluding hydrogens is 786 g/mol. The first kappa shape index (κ1) is 53.8. The van der Waals surface area contributed by atoms with E-state index in [0.717, 1.165) is 9.80 Å². The third-order valence-electron chi connectivity index (χ3n) is 7.68. The van der Waals surface area contributed by atoms with E-state index in [0.29, 0.717) is 139 Å². The lowest BCUT2D eigenvalue weighted by Gasteiger charge is -2.22. The first-order chi connectivity index (χ1) is 28.8. The second-order valence-electron chi connectivity index (χ2n) is 12.3. The van der Waals surface area contributed by atoms with Crippen molar-refractivity contribution in [2.24, 2.45) is 0 Å². The van der Waals surface area contributed by atoms with Crippen molar-refractivity contribution in [3.63, 3.8) is 0 Å². The predicted molar refractivity (Wildman–Crippen MR) is 208 cm³/mol. The molecule has 1 rings (SSSR count). The molecular formula is C38H67N3O18. The summed E-state index contributed by atoms with van der Waals surface area (Å²) in [6.07, 6.45) is 2.33. The number of carboxylic acid groups (broad SMARTS) is 1. The summed E-state index contributed by atoms with van der Waals surface area (Å²) in [6, 6.07) is 0. The van der Waals surface area contributed by atoms with Crippen molar-refractivity contribution in [1.82, 2.24) is 15.1 Å². The minimum atomic E-state index is -1.10. The molecule has 1 heterocycles. The quantitative estimate of drug-likeness (QED) is 0.0549. The molecule has 0 atom stereocenters. The Hall–Kier alpha value is -3.19. The number of imide groups is 1. The Morgan fingerprint density at radius 2 is 0.881 bits per heavy atom. The van der Waals surface area contributed by atoms with Crippen molar-refractivity contribution in [3.05, 3.63) is 12.2 Å². The molecule has 0 bridgehead atoms. The summed E-state index contributed by atoms with van der Waals surface area (Å²) in [7, 11) is 1.63. The predicted octanol–water partition coefficient (Wildman–Crippen LogP) is -1.06. The molecule has 21 heteroatoms. The number of carbonyl (C=O) groups is 5. The van der Waals surface area contributed by atoms with Gasteiger partial charge in [-0.3, -0.25) is 28.9 Å². The van der Waals surface area contributed by atoms with E-state index in [9.17, 15) is 24.0 Å². The van der Waals surface area contributed by atoms with Crippen LogP contribution in [0.1, 0.15) is 19.3 Å². The van der Waals surface area contributed by atoms with Crippen LogP contribution in [0.15, 0.2) is 12.2 Å². The van der Waals surface area contributed by atoms with Crippen molar-refractivity contribution >= 4 is 29.6 Å². The molecule has 0 aromatic rings. The molecule has 1 aliphatic rings. The standard InChI is InChI=1S/C38H67N3O18/c1-48-11-12-50-15-16-52-19-20-54-23-24-56-27-28-58-31-32-59-30-29-57-26-25-55-22-21-53-18-17-51-14-13-49-10-6-35(43)40(9-5-38(46)47)33-34(42)39-7-2-8-41-36(44)3-4-37(41)45/h3-4H,2,5-33H2,1H3,(H,39,42)(H,46,47). The van der Waals surface area contributed by atoms with Gasteiger partial charge < -0.3 is 72.2 Å². The van der Waals surface area contributed by atoms with Crippen LogP contribution in [0, 0.1) is 0 Å². The van der Waals surface area contributed by atoms with Gasteiger partial charge in [0.15, 0.2) is 0 Å². The Morgan fingerprint density at radius 3 is 1.22 bits per heavy atom. The number of hydrogen-bond acceptors (Lipinski definition) is 17. The smallest absolute Gasteiger partial charge is 0.305 e. The maximum atomic E-state index is 12.6. The largest absolute Gasteiger partial charge is 0.481 e. The molecule has 0 saturated heterocycles. The lowest BCUT2D eigenvalue weighted by molar-refractivity contribution is -0.141. The summed E-state index contributed by atoms with van der Waals surface area (Å²) in [6.45, 7) is 9.88. The van der Waals surface area contributed by atoms with Gasteiger partial charge in [0.25, 0.3) is 11.8 Å². The van der Waals surface area contributed by atoms with Crippen LogP contribution in [0.25, 0.3) is 0 Å². The molecule has 0 spiro atoms. The zero-order valence-electron chi connectivity index (χ0n) is 34.6. The highest BCUT2D eigenvalue weighted by molar-refractivity contribution is 6.12. The van der Waals surface area contributed by atoms with Gasteiger partial charge in [-0.25, -0.2) is 0 Å². The van der Waals surface area contributed by atoms with E-state index in [1.165, 1.54) is 12.2 Å². The van der Waals surface area contributed by atoms with E-state index >= 15 is 0 Å². The summed E-state index contributed by atoms with van der Waals surface area (Å²) in [5.41, 5.74) is 0. The minimum Gasteiger partial charge on any atom is -0.481 e. The van der Waals surface area contributed by atoms with Crippen LogP contribution in [0.5, 0.6) is 0 Å². The summed E-state index contributed by atoms with van der Waals surface area (Å²) >= 11 is 0. The number of carbonyl (C=O) groups excluding carboxylic acids is 4. The molecule has 21 nitrogen and oxygen atoms in total. The fourth-order valence-corrected chi connectivity index (χ4v) is 4.63. The Labute approximate surface area is 347 Å². The van der Waals surface area contributed by atoms with E-state index in [-0.39, 0.29) is 58.8 Å². The highest BCUT2D eigenvalue weighted by Gasteiger charge is 2.23. The summed E-state index contributed by atoms with van der Waals surface area (Å²) < 4.78 is 64.7. The second kappa shape index (κ2) is 40.2. The van der Waals surface area contributed by atoms with Crippen molar-refractivity contribution < 1.29 is 85.9 Å². The van der Waals surface area contributed by atoms with Crippen molar-refractivity contribution in [2.75, 3.05) is 185 Å². The Kier molecular flexibility index (Phi) is 36.7. The number of ether oxygens (including phenoxy) is 12. The molecule has 0 aromatic carbocycles. The summed E-state index contributed by atoms with van der Waals surface area (Å²) in [5, 5.41) is 11.6. The molecule has 0 fully saturated rings. The van der Waals surface area contributed by atoms with Crippen molar-refractivity contribution in [3.8, 4) is 0 Å². The summed E-state index contributed by atoms with van der Waals surface area (Å²) in [5.74, 6) is -2.82. The molecule has 4 amide bonds. The number of nitrogens with one attached hydrogen (secondary N) is 1. The highest BCUT2D eigenvalue weighted by Crippen LogP contribution is 2.04. The van der Waals surface area contributed by atoms with Crippen LogP contribution >= 0.6 is 0 Å². The average molecular weight is 854 g/mol. The molecule has 0 radical (unpaired) electrons. The lowest BCUT2D eigenvalue weighted by atomic mass is 10.3. The number of nitrogens with zero attached hydrogens (tertiary/aromatic N) is 2. The third-order valence-corrected chi connectivity index (χ3v) is 7.68. The van der Waals surface area contributed by atoms with Gasteiger partial charge in [0.2, 0.25) is 11.8 Å². The van der Waals surface area contributed by atoms with Gasteiger partial charge in [0, 0.05) is 38.9 Å². The Balaban J connectivity index is 1.83. The van der Waals surface area contributed by atoms with Gasteiger partial charge >= 0.3 is 5.97 Å². The van der Waals surface area contributed by atoms with Crippen molar-refractivity contribution in [1.29, 1.82) is 0 Å². The maximum absolute atomic E-state index is 12.6. The number of hydrogen-bond donors (Lipinski definition) is 2. The van der Waals surface area contributed by atoms with Crippen LogP contribution < -0.4 is 5.32 Å². The normalized spacial score (nSPS) is 12.5. The number of amides is 4. The average Bonchev–Trinajstić information content (AvgIpc) is 3.54. The Bertz CT molecular complexity index is 1100. The molecule has 0 saturated carbocycles. The number of methoxy groups -OCH3 is 1. The molecule has 342 valence electrons. The lowest BCUT2D eigenvalue weighted by Crippen LogP contribution is -2.42. The van der Waals surface area contributed by atoms with Gasteiger partial charge in [-0.15, -0.1) is 0 Å². The molecule has 1 aliphatic heterocycles. The molecule has 0 unspecified atom stereocenters. The van der Waals surface area contributed by atoms with E-state index in [4.69, 9.17) is 61.9 Å². The second-order valence-corrected chi connectivity index (χ2v) is 12.3. The fourth-order valence-electron chi connectivity index (χ4n) is 4.63. The van der Waals surface area contributed by atoms with Crippen LogP contribution in [0.4, 0.5) is 0 Å². The van der Waals surface area contributed by atoms with Gasteiger partial charge in [0.05, 0.1) is 171 Å². The van der Waals surface area contributed by atoms with E-state index in [2.05, 4.69) is 5.32 Å². The zero-order chi connectivity index (χ0) is 42.9. The van der Waals surface area contributed by atoms with Crippen LogP contribution in [-0.2, 0) is 80.8 Å². The van der Waals surface area contributed by atoms with Crippen LogP contribution in [0.2, 0.25) is 0 Å². The number of rotatable bonds is 45. The molecule has 0 aromatic heterocycles. The van der Waals surface area contributed by atoms with E-state index in [1.807, 2.05) is 0 Å². The van der Waals surface area contributed by atoms with Crippen LogP contribution in [0.3, 0.4) is 0 Å². The first-order valence-corrected chi connectivity index (χ1v) is 20.0. The van der Waals surface area contributed by atoms with Crippen LogP contribution in [-0.4, -0.2) is 230 Å². The van der Waals surface area contributed by atoms with Gasteiger partial charge in [-0.1, -0.05) is 0 Å². The zero-order valence-corrected chi connectivity index (χ0v) is 34.6. The van der Waals surface area contributed by atoms with Gasteiger partial charge in [-0.2, -0.15) is 0 Å². The molecule has 0 aliphatic carbocycles. The van der Waals surface area contributed by atoms with Gasteiger partial charge in [0.1, 0.15) is 0 Å². The number of carboxylic acids is 1. The molecule has 59 heavy (non-hydrogen) atoms. The van der Waals surface area contributed by atoms with Gasteiger partial charge in [-0.05, 0) is 6.42 Å². The number of aliphatic carboxylic acids is 1. The SMILES string of the molecule is COCCOCCOCCOCCOCCOCCOCCOCCOCCOCCOCCOCCC(=O)N(CCC(=O)O)CC(=O)NCCCN1C(=O)C=CC1=O. The molecule has 2 N–H and O–H groups in total. The first-order valence-electron chi connectivity index (χ1n) is 20.0.